The topological polar surface area (TPSA) is 51.8 Å². The van der Waals surface area contributed by atoms with Crippen LogP contribution >= 0.6 is 27.3 Å². The van der Waals surface area contributed by atoms with Crippen LogP contribution in [0.5, 0.6) is 0 Å². The first-order valence-electron chi connectivity index (χ1n) is 6.56. The maximum absolute atomic E-state index is 6.27. The monoisotopic (exact) mass is 359 g/mol. The zero-order valence-electron chi connectivity index (χ0n) is 11.5. The SMILES string of the molecule is Cc1c(Br)cccc1-c1nnc(C(N)c2ccccc2)s1. The molecule has 2 aromatic carbocycles. The molecule has 1 heterocycles. The summed E-state index contributed by atoms with van der Waals surface area (Å²) in [6.45, 7) is 2.07. The van der Waals surface area contributed by atoms with Gasteiger partial charge < -0.3 is 5.73 Å². The highest BCUT2D eigenvalue weighted by Crippen LogP contribution is 2.33. The molecule has 0 spiro atoms. The van der Waals surface area contributed by atoms with E-state index in [4.69, 9.17) is 5.73 Å². The Bertz CT molecular complexity index is 755. The predicted octanol–water partition coefficient (Wildman–Crippen LogP) is 4.32. The van der Waals surface area contributed by atoms with Crippen molar-refractivity contribution >= 4 is 27.3 Å². The van der Waals surface area contributed by atoms with Crippen molar-refractivity contribution in [3.8, 4) is 10.6 Å². The van der Waals surface area contributed by atoms with Crippen molar-refractivity contribution in [1.82, 2.24) is 10.2 Å². The van der Waals surface area contributed by atoms with Gasteiger partial charge in [-0.25, -0.2) is 0 Å². The van der Waals surface area contributed by atoms with E-state index in [0.29, 0.717) is 0 Å². The third-order valence-electron chi connectivity index (χ3n) is 3.36. The normalized spacial score (nSPS) is 12.3. The molecule has 0 aliphatic rings. The maximum atomic E-state index is 6.27. The summed E-state index contributed by atoms with van der Waals surface area (Å²) >= 11 is 5.09. The number of rotatable bonds is 3. The molecule has 1 aromatic heterocycles. The van der Waals surface area contributed by atoms with Crippen molar-refractivity contribution in [2.45, 2.75) is 13.0 Å². The molecule has 0 aliphatic carbocycles. The van der Waals surface area contributed by atoms with Crippen LogP contribution in [0, 0.1) is 6.92 Å². The van der Waals surface area contributed by atoms with Crippen molar-refractivity contribution < 1.29 is 0 Å². The highest BCUT2D eigenvalue weighted by Gasteiger charge is 2.16. The van der Waals surface area contributed by atoms with Gasteiger partial charge in [0, 0.05) is 10.0 Å². The summed E-state index contributed by atoms with van der Waals surface area (Å²) in [5.41, 5.74) is 9.57. The molecule has 3 nitrogen and oxygen atoms in total. The number of halogens is 1. The summed E-state index contributed by atoms with van der Waals surface area (Å²) in [5, 5.41) is 10.3. The molecule has 5 heteroatoms. The third kappa shape index (κ3) is 2.90. The van der Waals surface area contributed by atoms with E-state index < -0.39 is 0 Å². The van der Waals surface area contributed by atoms with Gasteiger partial charge >= 0.3 is 0 Å². The van der Waals surface area contributed by atoms with Crippen LogP contribution in [0.15, 0.2) is 53.0 Å². The van der Waals surface area contributed by atoms with E-state index in [2.05, 4.69) is 39.1 Å². The Balaban J connectivity index is 1.95. The molecule has 0 saturated carbocycles. The molecule has 21 heavy (non-hydrogen) atoms. The first-order chi connectivity index (χ1) is 10.2. The molecule has 1 unspecified atom stereocenters. The highest BCUT2D eigenvalue weighted by atomic mass is 79.9. The lowest BCUT2D eigenvalue weighted by atomic mass is 10.1. The second-order valence-electron chi connectivity index (χ2n) is 4.75. The molecule has 3 rings (SSSR count). The van der Waals surface area contributed by atoms with E-state index in [9.17, 15) is 0 Å². The lowest BCUT2D eigenvalue weighted by Crippen LogP contribution is -2.11. The Morgan fingerprint density at radius 1 is 1.05 bits per heavy atom. The number of benzene rings is 2. The van der Waals surface area contributed by atoms with Gasteiger partial charge in [-0.05, 0) is 24.1 Å². The van der Waals surface area contributed by atoms with Gasteiger partial charge in [0.15, 0.2) is 0 Å². The lowest BCUT2D eigenvalue weighted by molar-refractivity contribution is 0.831. The van der Waals surface area contributed by atoms with E-state index in [1.807, 2.05) is 42.5 Å². The predicted molar refractivity (Wildman–Crippen MR) is 90.3 cm³/mol. The Morgan fingerprint density at radius 2 is 1.81 bits per heavy atom. The molecular formula is C16H14BrN3S. The van der Waals surface area contributed by atoms with Crippen LogP contribution in [-0.4, -0.2) is 10.2 Å². The minimum atomic E-state index is -0.232. The summed E-state index contributed by atoms with van der Waals surface area (Å²) in [6, 6.07) is 15.8. The summed E-state index contributed by atoms with van der Waals surface area (Å²) < 4.78 is 1.07. The van der Waals surface area contributed by atoms with Crippen LogP contribution in [0.2, 0.25) is 0 Å². The van der Waals surface area contributed by atoms with E-state index in [0.717, 1.165) is 31.2 Å². The second kappa shape index (κ2) is 6.05. The van der Waals surface area contributed by atoms with Crippen molar-refractivity contribution in [3.63, 3.8) is 0 Å². The van der Waals surface area contributed by atoms with E-state index in [1.165, 1.54) is 0 Å². The van der Waals surface area contributed by atoms with Gasteiger partial charge in [0.1, 0.15) is 10.0 Å². The molecular weight excluding hydrogens is 346 g/mol. The smallest absolute Gasteiger partial charge is 0.148 e. The zero-order chi connectivity index (χ0) is 14.8. The summed E-state index contributed by atoms with van der Waals surface area (Å²) in [4.78, 5) is 0. The standard InChI is InChI=1S/C16H14BrN3S/c1-10-12(8-5-9-13(10)17)15-19-20-16(21-15)14(18)11-6-3-2-4-7-11/h2-9,14H,18H2,1H3. The van der Waals surface area contributed by atoms with Gasteiger partial charge in [0.2, 0.25) is 0 Å². The Morgan fingerprint density at radius 3 is 2.57 bits per heavy atom. The molecule has 3 aromatic rings. The molecule has 0 bridgehead atoms. The van der Waals surface area contributed by atoms with Gasteiger partial charge in [-0.15, -0.1) is 10.2 Å². The number of hydrogen-bond donors (Lipinski definition) is 1. The van der Waals surface area contributed by atoms with Crippen LogP contribution in [0.4, 0.5) is 0 Å². The molecule has 0 amide bonds. The fourth-order valence-electron chi connectivity index (χ4n) is 2.11. The number of nitrogens with two attached hydrogens (primary N) is 1. The fourth-order valence-corrected chi connectivity index (χ4v) is 3.43. The van der Waals surface area contributed by atoms with Crippen LogP contribution < -0.4 is 5.73 Å². The van der Waals surface area contributed by atoms with Gasteiger partial charge in [-0.3, -0.25) is 0 Å². The Labute approximate surface area is 136 Å². The Kier molecular flexibility index (Phi) is 4.14. The van der Waals surface area contributed by atoms with E-state index >= 15 is 0 Å². The molecule has 0 aliphatic heterocycles. The molecule has 0 saturated heterocycles. The van der Waals surface area contributed by atoms with Gasteiger partial charge in [0.05, 0.1) is 6.04 Å². The highest BCUT2D eigenvalue weighted by molar-refractivity contribution is 9.10. The molecule has 0 fully saturated rings. The van der Waals surface area contributed by atoms with Crippen LogP contribution in [0.1, 0.15) is 22.2 Å². The molecule has 1 atom stereocenters. The molecule has 2 N–H and O–H groups in total. The first-order valence-corrected chi connectivity index (χ1v) is 8.17. The number of nitrogens with zero attached hydrogens (tertiary/aromatic N) is 2. The average Bonchev–Trinajstić information content (AvgIpc) is 3.00. The number of aromatic nitrogens is 2. The first kappa shape index (κ1) is 14.4. The maximum Gasteiger partial charge on any atom is 0.148 e. The van der Waals surface area contributed by atoms with Gasteiger partial charge in [0.25, 0.3) is 0 Å². The second-order valence-corrected chi connectivity index (χ2v) is 6.61. The average molecular weight is 360 g/mol. The minimum absolute atomic E-state index is 0.232. The van der Waals surface area contributed by atoms with Crippen molar-refractivity contribution in [2.24, 2.45) is 5.73 Å². The quantitative estimate of drug-likeness (QED) is 0.757. The van der Waals surface area contributed by atoms with Crippen LogP contribution in [0.25, 0.3) is 10.6 Å². The molecule has 106 valence electrons. The summed E-state index contributed by atoms with van der Waals surface area (Å²) in [6.07, 6.45) is 0. The van der Waals surface area contributed by atoms with Crippen LogP contribution in [-0.2, 0) is 0 Å². The van der Waals surface area contributed by atoms with Gasteiger partial charge in [-0.1, -0.05) is 69.7 Å². The lowest BCUT2D eigenvalue weighted by Gasteiger charge is -2.07. The van der Waals surface area contributed by atoms with Crippen LogP contribution in [0.3, 0.4) is 0 Å². The number of hydrogen-bond acceptors (Lipinski definition) is 4. The van der Waals surface area contributed by atoms with Crippen molar-refractivity contribution in [3.05, 3.63) is 69.1 Å². The van der Waals surface area contributed by atoms with Gasteiger partial charge in [-0.2, -0.15) is 0 Å². The van der Waals surface area contributed by atoms with E-state index in [-0.39, 0.29) is 6.04 Å². The summed E-state index contributed by atoms with van der Waals surface area (Å²) in [5.74, 6) is 0. The summed E-state index contributed by atoms with van der Waals surface area (Å²) in [7, 11) is 0. The van der Waals surface area contributed by atoms with E-state index in [1.54, 1.807) is 11.3 Å². The third-order valence-corrected chi connectivity index (χ3v) is 5.26. The minimum Gasteiger partial charge on any atom is -0.318 e. The largest absolute Gasteiger partial charge is 0.318 e. The van der Waals surface area contributed by atoms with Crippen molar-refractivity contribution in [1.29, 1.82) is 0 Å². The fraction of sp³-hybridized carbons (Fsp3) is 0.125. The Hall–Kier alpha value is -1.56. The van der Waals surface area contributed by atoms with Crippen molar-refractivity contribution in [2.75, 3.05) is 0 Å². The molecule has 0 radical (unpaired) electrons. The zero-order valence-corrected chi connectivity index (χ0v) is 13.9.